The Balaban J connectivity index is 2.74. The number of hydrogen-bond acceptors (Lipinski definition) is 2. The molecule has 0 bridgehead atoms. The molecule has 0 aromatic heterocycles. The van der Waals surface area contributed by atoms with Gasteiger partial charge in [-0.15, -0.1) is 0 Å². The summed E-state index contributed by atoms with van der Waals surface area (Å²) in [5.41, 5.74) is 0.537. The lowest BCUT2D eigenvalue weighted by atomic mass is 10.0. The van der Waals surface area contributed by atoms with Crippen molar-refractivity contribution < 1.29 is 14.7 Å². The maximum atomic E-state index is 11.7. The van der Waals surface area contributed by atoms with Gasteiger partial charge in [-0.2, -0.15) is 0 Å². The fourth-order valence-corrected chi connectivity index (χ4v) is 1.64. The van der Waals surface area contributed by atoms with Crippen molar-refractivity contribution in [2.24, 2.45) is 5.92 Å². The maximum Gasteiger partial charge on any atom is 0.335 e. The lowest BCUT2D eigenvalue weighted by molar-refractivity contribution is -0.117. The van der Waals surface area contributed by atoms with Crippen molar-refractivity contribution in [3.05, 3.63) is 28.8 Å². The van der Waals surface area contributed by atoms with E-state index in [1.165, 1.54) is 18.2 Å². The molecule has 0 heterocycles. The van der Waals surface area contributed by atoms with Crippen LogP contribution in [-0.2, 0) is 4.79 Å². The minimum Gasteiger partial charge on any atom is -0.478 e. The van der Waals surface area contributed by atoms with Crippen molar-refractivity contribution in [1.29, 1.82) is 0 Å². The Bertz CT molecular complexity index is 460. The number of carbonyl (C=O) groups excluding carboxylic acids is 1. The van der Waals surface area contributed by atoms with Gasteiger partial charge < -0.3 is 10.4 Å². The van der Waals surface area contributed by atoms with E-state index in [9.17, 15) is 9.59 Å². The summed E-state index contributed by atoms with van der Waals surface area (Å²) in [6.45, 7) is 4.02. The van der Waals surface area contributed by atoms with Gasteiger partial charge in [0.05, 0.1) is 16.3 Å². The molecule has 0 saturated carbocycles. The van der Waals surface area contributed by atoms with E-state index < -0.39 is 5.97 Å². The normalized spacial score (nSPS) is 11.9. The van der Waals surface area contributed by atoms with Gasteiger partial charge in [-0.25, -0.2) is 4.79 Å². The predicted molar refractivity (Wildman–Crippen MR) is 71.1 cm³/mol. The second kappa shape index (κ2) is 6.40. The monoisotopic (exact) mass is 269 g/mol. The third kappa shape index (κ3) is 4.04. The van der Waals surface area contributed by atoms with Gasteiger partial charge in [-0.05, 0) is 24.1 Å². The molecule has 0 aliphatic heterocycles. The first-order chi connectivity index (χ1) is 8.43. The molecule has 0 radical (unpaired) electrons. The molecule has 5 heteroatoms. The molecule has 1 rings (SSSR count). The average Bonchev–Trinajstić information content (AvgIpc) is 2.31. The average molecular weight is 270 g/mol. The summed E-state index contributed by atoms with van der Waals surface area (Å²) in [6.07, 6.45) is 1.35. The van der Waals surface area contributed by atoms with Gasteiger partial charge in [-0.3, -0.25) is 4.79 Å². The van der Waals surface area contributed by atoms with Crippen LogP contribution in [0.3, 0.4) is 0 Å². The Hall–Kier alpha value is -1.55. The van der Waals surface area contributed by atoms with Crippen molar-refractivity contribution >= 4 is 29.2 Å². The number of anilines is 1. The molecule has 1 aromatic rings. The highest BCUT2D eigenvalue weighted by atomic mass is 35.5. The summed E-state index contributed by atoms with van der Waals surface area (Å²) in [5, 5.41) is 11.7. The summed E-state index contributed by atoms with van der Waals surface area (Å²) in [5.74, 6) is -0.856. The van der Waals surface area contributed by atoms with Crippen LogP contribution < -0.4 is 5.32 Å². The molecule has 1 amide bonds. The number of nitrogens with one attached hydrogen (secondary N) is 1. The maximum absolute atomic E-state index is 11.7. The number of rotatable bonds is 5. The minimum atomic E-state index is -1.05. The van der Waals surface area contributed by atoms with E-state index in [-0.39, 0.29) is 16.5 Å². The standard InChI is InChI=1S/C13H16ClNO3/c1-3-8(2)6-12(16)15-11-5-4-9(13(17)18)7-10(11)14/h4-5,7-8H,3,6H2,1-2H3,(H,15,16)(H,17,18). The van der Waals surface area contributed by atoms with E-state index >= 15 is 0 Å². The first-order valence-corrected chi connectivity index (χ1v) is 6.14. The highest BCUT2D eigenvalue weighted by Crippen LogP contribution is 2.23. The highest BCUT2D eigenvalue weighted by Gasteiger charge is 2.11. The molecule has 0 aliphatic carbocycles. The van der Waals surface area contributed by atoms with E-state index in [2.05, 4.69) is 5.32 Å². The van der Waals surface area contributed by atoms with Gasteiger partial charge in [0.2, 0.25) is 5.91 Å². The Labute approximate surface area is 111 Å². The SMILES string of the molecule is CCC(C)CC(=O)Nc1ccc(C(=O)O)cc1Cl. The van der Waals surface area contributed by atoms with Gasteiger partial charge in [0.1, 0.15) is 0 Å². The fourth-order valence-electron chi connectivity index (χ4n) is 1.41. The van der Waals surface area contributed by atoms with Gasteiger partial charge in [0, 0.05) is 6.42 Å². The predicted octanol–water partition coefficient (Wildman–Crippen LogP) is 3.41. The van der Waals surface area contributed by atoms with Gasteiger partial charge in [0.15, 0.2) is 0 Å². The third-order valence-corrected chi connectivity index (χ3v) is 3.03. The van der Waals surface area contributed by atoms with Crippen LogP contribution in [0, 0.1) is 5.92 Å². The minimum absolute atomic E-state index is 0.0972. The summed E-state index contributed by atoms with van der Waals surface area (Å²) < 4.78 is 0. The van der Waals surface area contributed by atoms with Gasteiger partial charge >= 0.3 is 5.97 Å². The van der Waals surface area contributed by atoms with Crippen molar-refractivity contribution in [1.82, 2.24) is 0 Å². The molecule has 0 fully saturated rings. The smallest absolute Gasteiger partial charge is 0.335 e. The number of carbonyl (C=O) groups is 2. The van der Waals surface area contributed by atoms with Gasteiger partial charge in [0.25, 0.3) is 0 Å². The molecule has 0 saturated heterocycles. The summed E-state index contributed by atoms with van der Waals surface area (Å²) in [4.78, 5) is 22.4. The van der Waals surface area contributed by atoms with Crippen molar-refractivity contribution in [3.63, 3.8) is 0 Å². The number of amides is 1. The fraction of sp³-hybridized carbons (Fsp3) is 0.385. The largest absolute Gasteiger partial charge is 0.478 e. The van der Waals surface area contributed by atoms with E-state index in [0.29, 0.717) is 18.0 Å². The topological polar surface area (TPSA) is 66.4 Å². The van der Waals surface area contributed by atoms with Crippen molar-refractivity contribution in [2.45, 2.75) is 26.7 Å². The molecule has 4 nitrogen and oxygen atoms in total. The van der Waals surface area contributed by atoms with Crippen LogP contribution in [0.25, 0.3) is 0 Å². The molecule has 0 spiro atoms. The molecule has 1 unspecified atom stereocenters. The van der Waals surface area contributed by atoms with E-state index in [0.717, 1.165) is 6.42 Å². The zero-order valence-corrected chi connectivity index (χ0v) is 11.1. The number of hydrogen-bond donors (Lipinski definition) is 2. The molecule has 1 atom stereocenters. The summed E-state index contributed by atoms with van der Waals surface area (Å²) in [6, 6.07) is 4.23. The van der Waals surface area contributed by atoms with Gasteiger partial charge in [-0.1, -0.05) is 31.9 Å². The molecular formula is C13H16ClNO3. The Morgan fingerprint density at radius 3 is 2.61 bits per heavy atom. The lowest BCUT2D eigenvalue weighted by Crippen LogP contribution is -2.15. The van der Waals surface area contributed by atoms with Crippen molar-refractivity contribution in [3.8, 4) is 0 Å². The number of halogens is 1. The number of benzene rings is 1. The second-order valence-corrected chi connectivity index (χ2v) is 4.67. The molecular weight excluding hydrogens is 254 g/mol. The zero-order chi connectivity index (χ0) is 13.7. The molecule has 98 valence electrons. The van der Waals surface area contributed by atoms with Crippen molar-refractivity contribution in [2.75, 3.05) is 5.32 Å². The second-order valence-electron chi connectivity index (χ2n) is 4.27. The zero-order valence-electron chi connectivity index (χ0n) is 10.4. The summed E-state index contributed by atoms with van der Waals surface area (Å²) >= 11 is 5.91. The molecule has 1 aromatic carbocycles. The van der Waals surface area contributed by atoms with E-state index in [1.54, 1.807) is 0 Å². The van der Waals surface area contributed by atoms with Crippen LogP contribution >= 0.6 is 11.6 Å². The first kappa shape index (κ1) is 14.5. The Morgan fingerprint density at radius 2 is 2.11 bits per heavy atom. The third-order valence-electron chi connectivity index (χ3n) is 2.72. The summed E-state index contributed by atoms with van der Waals surface area (Å²) in [7, 11) is 0. The van der Waals surface area contributed by atoms with Crippen LogP contribution in [0.2, 0.25) is 5.02 Å². The van der Waals surface area contributed by atoms with Crippen LogP contribution in [-0.4, -0.2) is 17.0 Å². The quantitative estimate of drug-likeness (QED) is 0.861. The highest BCUT2D eigenvalue weighted by molar-refractivity contribution is 6.34. The van der Waals surface area contributed by atoms with Crippen LogP contribution in [0.1, 0.15) is 37.0 Å². The van der Waals surface area contributed by atoms with Crippen LogP contribution in [0.15, 0.2) is 18.2 Å². The molecule has 18 heavy (non-hydrogen) atoms. The molecule has 2 N–H and O–H groups in total. The number of carboxylic acids is 1. The van der Waals surface area contributed by atoms with Crippen LogP contribution in [0.4, 0.5) is 5.69 Å². The van der Waals surface area contributed by atoms with E-state index in [4.69, 9.17) is 16.7 Å². The number of carboxylic acid groups (broad SMARTS) is 1. The first-order valence-electron chi connectivity index (χ1n) is 5.76. The lowest BCUT2D eigenvalue weighted by Gasteiger charge is -2.10. The van der Waals surface area contributed by atoms with E-state index in [1.807, 2.05) is 13.8 Å². The Kier molecular flexibility index (Phi) is 5.16. The Morgan fingerprint density at radius 1 is 1.44 bits per heavy atom. The number of aromatic carboxylic acids is 1. The van der Waals surface area contributed by atoms with Crippen LogP contribution in [0.5, 0.6) is 0 Å². The molecule has 0 aliphatic rings.